The topological polar surface area (TPSA) is 116 Å². The van der Waals surface area contributed by atoms with Crippen LogP contribution < -0.4 is 15.0 Å². The minimum Gasteiger partial charge on any atom is -0.489 e. The number of ether oxygens (including phenoxy) is 1. The molecule has 0 saturated carbocycles. The van der Waals surface area contributed by atoms with Crippen LogP contribution >= 0.6 is 23.2 Å². The number of para-hydroxylation sites is 1. The lowest BCUT2D eigenvalue weighted by molar-refractivity contribution is 0.0982. The van der Waals surface area contributed by atoms with Gasteiger partial charge in [0.1, 0.15) is 5.75 Å². The Morgan fingerprint density at radius 1 is 1.02 bits per heavy atom. The number of fused-ring (bicyclic) bond motifs is 1. The molecule has 2 aliphatic rings. The SMILES string of the molecule is CC(C)Oc1cc(N2CCC(N3CCN(C)CC3)CC2)c(Cl)cc1Nc1ncc(Cl)c(-c2cn(S(=O)(=O)O)c3ccccc23)n1. The summed E-state index contributed by atoms with van der Waals surface area (Å²) < 4.78 is 41.0. The zero-order valence-corrected chi connectivity index (χ0v) is 27.8. The summed E-state index contributed by atoms with van der Waals surface area (Å²) in [6.07, 6.45) is 4.79. The molecule has 2 aliphatic heterocycles. The first-order valence-corrected chi connectivity index (χ1v) is 17.2. The van der Waals surface area contributed by atoms with Crippen molar-refractivity contribution in [2.24, 2.45) is 0 Å². The van der Waals surface area contributed by atoms with Gasteiger partial charge in [-0.3, -0.25) is 9.45 Å². The fourth-order valence-corrected chi connectivity index (χ4v) is 7.28. The molecule has 2 aromatic heterocycles. The highest BCUT2D eigenvalue weighted by Gasteiger charge is 2.28. The Hall–Kier alpha value is -3.13. The van der Waals surface area contributed by atoms with Gasteiger partial charge in [0.2, 0.25) is 5.95 Å². The van der Waals surface area contributed by atoms with Crippen LogP contribution in [0.4, 0.5) is 17.3 Å². The van der Waals surface area contributed by atoms with Gasteiger partial charge in [-0.25, -0.2) is 13.9 Å². The summed E-state index contributed by atoms with van der Waals surface area (Å²) in [5, 5.41) is 4.58. The van der Waals surface area contributed by atoms with Gasteiger partial charge in [0.05, 0.1) is 44.9 Å². The maximum absolute atomic E-state index is 12.1. The van der Waals surface area contributed by atoms with Crippen LogP contribution in [-0.4, -0.2) is 95.2 Å². The summed E-state index contributed by atoms with van der Waals surface area (Å²) in [5.74, 6) is 0.817. The van der Waals surface area contributed by atoms with E-state index in [1.807, 2.05) is 26.0 Å². The van der Waals surface area contributed by atoms with Gasteiger partial charge in [0.25, 0.3) is 0 Å². The number of rotatable bonds is 8. The molecule has 0 unspecified atom stereocenters. The summed E-state index contributed by atoms with van der Waals surface area (Å²) in [5.41, 5.74) is 2.52. The van der Waals surface area contributed by atoms with Crippen molar-refractivity contribution in [3.63, 3.8) is 0 Å². The predicted molar refractivity (Wildman–Crippen MR) is 180 cm³/mol. The average molecular weight is 675 g/mol. The van der Waals surface area contributed by atoms with E-state index in [9.17, 15) is 13.0 Å². The molecule has 11 nitrogen and oxygen atoms in total. The van der Waals surface area contributed by atoms with Crippen molar-refractivity contribution in [2.45, 2.75) is 38.8 Å². The Bertz CT molecular complexity index is 1800. The first-order valence-electron chi connectivity index (χ1n) is 15.0. The third-order valence-corrected chi connectivity index (χ3v) is 9.82. The highest BCUT2D eigenvalue weighted by molar-refractivity contribution is 7.84. The van der Waals surface area contributed by atoms with Crippen LogP contribution in [-0.2, 0) is 10.3 Å². The summed E-state index contributed by atoms with van der Waals surface area (Å²) in [6.45, 7) is 10.2. The van der Waals surface area contributed by atoms with Crippen LogP contribution in [0.1, 0.15) is 26.7 Å². The molecular formula is C31H37Cl2N7O4S. The van der Waals surface area contributed by atoms with Crippen molar-refractivity contribution < 1.29 is 17.7 Å². The molecule has 2 N–H and O–H groups in total. The highest BCUT2D eigenvalue weighted by Crippen LogP contribution is 2.40. The molecule has 2 fully saturated rings. The van der Waals surface area contributed by atoms with E-state index >= 15 is 0 Å². The molecule has 240 valence electrons. The molecule has 0 spiro atoms. The van der Waals surface area contributed by atoms with Gasteiger partial charge >= 0.3 is 10.3 Å². The van der Waals surface area contributed by atoms with E-state index in [4.69, 9.17) is 27.9 Å². The lowest BCUT2D eigenvalue weighted by atomic mass is 10.0. The van der Waals surface area contributed by atoms with E-state index < -0.39 is 10.3 Å². The average Bonchev–Trinajstić information content (AvgIpc) is 3.40. The Labute approximate surface area is 273 Å². The zero-order chi connectivity index (χ0) is 31.9. The fraction of sp³-hybridized carbons (Fsp3) is 0.419. The fourth-order valence-electron chi connectivity index (χ4n) is 6.16. The van der Waals surface area contributed by atoms with Gasteiger partial charge in [0.15, 0.2) is 0 Å². The Balaban J connectivity index is 1.27. The first kappa shape index (κ1) is 31.8. The van der Waals surface area contributed by atoms with Gasteiger partial charge in [-0.2, -0.15) is 8.42 Å². The molecular weight excluding hydrogens is 637 g/mol. The van der Waals surface area contributed by atoms with E-state index in [0.717, 1.165) is 61.8 Å². The number of nitrogens with zero attached hydrogens (tertiary/aromatic N) is 6. The third kappa shape index (κ3) is 6.86. The van der Waals surface area contributed by atoms with E-state index in [0.29, 0.717) is 44.7 Å². The van der Waals surface area contributed by atoms with E-state index in [2.05, 4.69) is 37.0 Å². The van der Waals surface area contributed by atoms with E-state index in [1.54, 1.807) is 24.3 Å². The number of hydrogen-bond donors (Lipinski definition) is 2. The van der Waals surface area contributed by atoms with Crippen LogP contribution in [0.2, 0.25) is 10.0 Å². The zero-order valence-electron chi connectivity index (χ0n) is 25.4. The van der Waals surface area contributed by atoms with E-state index in [-0.39, 0.29) is 17.1 Å². The molecule has 2 saturated heterocycles. The maximum Gasteiger partial charge on any atom is 0.363 e. The van der Waals surface area contributed by atoms with Gasteiger partial charge in [-0.1, -0.05) is 41.4 Å². The second kappa shape index (κ2) is 12.9. The van der Waals surface area contributed by atoms with Crippen LogP contribution in [0, 0.1) is 0 Å². The Kier molecular flexibility index (Phi) is 9.15. The van der Waals surface area contributed by atoms with Gasteiger partial charge in [0, 0.05) is 68.5 Å². The van der Waals surface area contributed by atoms with Crippen LogP contribution in [0.25, 0.3) is 22.2 Å². The standard InChI is InChI=1S/C31H37Cl2N7O4S/c1-20(2)44-29-17-28(39-10-8-21(9-11-39)38-14-12-37(3)13-15-38)24(32)16-26(29)35-31-34-18-25(33)30(36-31)23-19-40(45(41,42)43)27-7-5-4-6-22(23)27/h4-7,16-21H,8-15H2,1-3H3,(H,34,35,36)(H,41,42,43). The molecule has 4 aromatic rings. The number of nitrogens with one attached hydrogen (secondary N) is 1. The van der Waals surface area contributed by atoms with Gasteiger partial charge < -0.3 is 19.9 Å². The summed E-state index contributed by atoms with van der Waals surface area (Å²) in [6, 6.07) is 11.2. The third-order valence-electron chi connectivity index (χ3n) is 8.44. The number of likely N-dealkylation sites (N-methyl/N-ethyl adjacent to an activating group) is 1. The predicted octanol–water partition coefficient (Wildman–Crippen LogP) is 5.80. The number of piperazine rings is 1. The van der Waals surface area contributed by atoms with Crippen molar-refractivity contribution >= 4 is 61.7 Å². The number of piperidine rings is 1. The quantitative estimate of drug-likeness (QED) is 0.222. The monoisotopic (exact) mass is 673 g/mol. The molecule has 0 amide bonds. The largest absolute Gasteiger partial charge is 0.489 e. The normalized spacial score (nSPS) is 17.4. The second-order valence-electron chi connectivity index (χ2n) is 11.9. The van der Waals surface area contributed by atoms with Crippen molar-refractivity contribution in [1.82, 2.24) is 23.7 Å². The summed E-state index contributed by atoms with van der Waals surface area (Å²) in [4.78, 5) is 16.3. The summed E-state index contributed by atoms with van der Waals surface area (Å²) >= 11 is 13.4. The lowest BCUT2D eigenvalue weighted by Gasteiger charge is -2.42. The highest BCUT2D eigenvalue weighted by atomic mass is 35.5. The molecule has 2 aromatic carbocycles. The molecule has 0 bridgehead atoms. The van der Waals surface area contributed by atoms with E-state index in [1.165, 1.54) is 12.4 Å². The number of hydrogen-bond acceptors (Lipinski definition) is 9. The molecule has 0 aliphatic carbocycles. The molecule has 6 rings (SSSR count). The number of halogens is 2. The van der Waals surface area contributed by atoms with Crippen LogP contribution in [0.5, 0.6) is 5.75 Å². The minimum absolute atomic E-state index is 0.101. The van der Waals surface area contributed by atoms with Crippen molar-refractivity contribution in [3.05, 3.63) is 58.8 Å². The molecule has 0 radical (unpaired) electrons. The van der Waals surface area contributed by atoms with Crippen LogP contribution in [0.15, 0.2) is 48.8 Å². The smallest absolute Gasteiger partial charge is 0.363 e. The lowest BCUT2D eigenvalue weighted by Crippen LogP contribution is -2.52. The van der Waals surface area contributed by atoms with Crippen molar-refractivity contribution in [2.75, 3.05) is 56.5 Å². The maximum atomic E-state index is 12.1. The van der Waals surface area contributed by atoms with Crippen molar-refractivity contribution in [1.29, 1.82) is 0 Å². The number of anilines is 3. The molecule has 4 heterocycles. The second-order valence-corrected chi connectivity index (χ2v) is 14.0. The molecule has 0 atom stereocenters. The van der Waals surface area contributed by atoms with Crippen LogP contribution in [0.3, 0.4) is 0 Å². The van der Waals surface area contributed by atoms with Gasteiger partial charge in [-0.05, 0) is 45.9 Å². The number of aromatic nitrogens is 3. The Morgan fingerprint density at radius 2 is 1.73 bits per heavy atom. The first-order chi connectivity index (χ1) is 21.5. The summed E-state index contributed by atoms with van der Waals surface area (Å²) in [7, 11) is -2.38. The minimum atomic E-state index is -4.56. The van der Waals surface area contributed by atoms with Gasteiger partial charge in [-0.15, -0.1) is 0 Å². The molecule has 45 heavy (non-hydrogen) atoms. The number of benzene rings is 2. The van der Waals surface area contributed by atoms with Crippen molar-refractivity contribution in [3.8, 4) is 17.0 Å². The Morgan fingerprint density at radius 3 is 2.42 bits per heavy atom. The molecule has 14 heteroatoms.